The highest BCUT2D eigenvalue weighted by Crippen LogP contribution is 2.23. The Morgan fingerprint density at radius 3 is 3.00 bits per heavy atom. The summed E-state index contributed by atoms with van der Waals surface area (Å²) in [5, 5.41) is 7.37. The summed E-state index contributed by atoms with van der Waals surface area (Å²) in [5.74, 6) is 1.11. The Morgan fingerprint density at radius 2 is 2.43 bits per heavy atom. The second-order valence-corrected chi connectivity index (χ2v) is 7.75. The molecule has 0 aliphatic heterocycles. The number of aryl methyl sites for hydroxylation is 1. The molecule has 0 fully saturated rings. The summed E-state index contributed by atoms with van der Waals surface area (Å²) in [5.41, 5.74) is 0. The van der Waals surface area contributed by atoms with E-state index >= 15 is 0 Å². The molecular formula is C13H15BrN4OS2. The first-order chi connectivity index (χ1) is 10.1. The number of hydrogen-bond donors (Lipinski definition) is 1. The van der Waals surface area contributed by atoms with E-state index in [2.05, 4.69) is 37.7 Å². The summed E-state index contributed by atoms with van der Waals surface area (Å²) in [7, 11) is 0. The van der Waals surface area contributed by atoms with Gasteiger partial charge in [0.05, 0.1) is 16.1 Å². The molecule has 2 rings (SSSR count). The van der Waals surface area contributed by atoms with Crippen LogP contribution in [0.4, 0.5) is 0 Å². The minimum Gasteiger partial charge on any atom is -0.333 e. The fourth-order valence-electron chi connectivity index (χ4n) is 1.64. The van der Waals surface area contributed by atoms with E-state index in [1.807, 2.05) is 19.1 Å². The quantitative estimate of drug-likeness (QED) is 0.585. The lowest BCUT2D eigenvalue weighted by atomic mass is 10.4. The van der Waals surface area contributed by atoms with Gasteiger partial charge in [-0.15, -0.1) is 23.0 Å². The van der Waals surface area contributed by atoms with Gasteiger partial charge in [-0.25, -0.2) is 4.98 Å². The maximum Gasteiger partial charge on any atom is 0.233 e. The van der Waals surface area contributed by atoms with Crippen LogP contribution in [0.3, 0.4) is 0 Å². The number of hydrogen-bond acceptors (Lipinski definition) is 5. The zero-order chi connectivity index (χ0) is 15.2. The lowest BCUT2D eigenvalue weighted by molar-refractivity contribution is -0.128. The lowest BCUT2D eigenvalue weighted by Crippen LogP contribution is -2.31. The second kappa shape index (κ2) is 7.77. The van der Waals surface area contributed by atoms with E-state index in [0.29, 0.717) is 24.0 Å². The van der Waals surface area contributed by atoms with Crippen LogP contribution in [0, 0.1) is 6.92 Å². The van der Waals surface area contributed by atoms with E-state index in [9.17, 15) is 4.79 Å². The molecule has 0 saturated heterocycles. The number of amides is 1. The van der Waals surface area contributed by atoms with Gasteiger partial charge in [0.15, 0.2) is 0 Å². The van der Waals surface area contributed by atoms with Crippen molar-refractivity contribution in [2.24, 2.45) is 0 Å². The number of halogens is 1. The highest BCUT2D eigenvalue weighted by atomic mass is 79.9. The number of aromatic amines is 1. The molecule has 0 aliphatic carbocycles. The molecule has 21 heavy (non-hydrogen) atoms. The Kier molecular flexibility index (Phi) is 6.01. The standard InChI is InChI=1S/C13H15BrN4OS2/c1-3-6-18(7-10-4-5-11(14)21-10)12(19)8-20-13-15-9(2)16-17-13/h3-5H,1,6-8H2,2H3,(H,15,16,17). The van der Waals surface area contributed by atoms with Gasteiger partial charge < -0.3 is 4.90 Å². The van der Waals surface area contributed by atoms with Gasteiger partial charge in [-0.3, -0.25) is 9.89 Å². The third-order valence-electron chi connectivity index (χ3n) is 2.58. The molecule has 0 radical (unpaired) electrons. The number of thioether (sulfide) groups is 1. The largest absolute Gasteiger partial charge is 0.333 e. The highest BCUT2D eigenvalue weighted by molar-refractivity contribution is 9.11. The zero-order valence-electron chi connectivity index (χ0n) is 11.5. The van der Waals surface area contributed by atoms with Crippen LogP contribution in [0.1, 0.15) is 10.7 Å². The van der Waals surface area contributed by atoms with Crippen LogP contribution >= 0.6 is 39.0 Å². The number of carbonyl (C=O) groups is 1. The SMILES string of the molecule is C=CCN(Cc1ccc(Br)s1)C(=O)CSc1n[nH]c(C)n1. The Balaban J connectivity index is 1.93. The number of nitrogens with one attached hydrogen (secondary N) is 1. The van der Waals surface area contributed by atoms with Crippen molar-refractivity contribution in [2.45, 2.75) is 18.6 Å². The molecule has 2 heterocycles. The summed E-state index contributed by atoms with van der Waals surface area (Å²) in [4.78, 5) is 19.4. The Morgan fingerprint density at radius 1 is 1.62 bits per heavy atom. The molecule has 0 bridgehead atoms. The molecular weight excluding hydrogens is 372 g/mol. The van der Waals surface area contributed by atoms with Crippen LogP contribution in [0.5, 0.6) is 0 Å². The molecule has 0 aromatic carbocycles. The topological polar surface area (TPSA) is 61.9 Å². The Bertz CT molecular complexity index is 625. The number of carbonyl (C=O) groups excluding carboxylic acids is 1. The molecule has 8 heteroatoms. The van der Waals surface area contributed by atoms with Crippen molar-refractivity contribution in [1.29, 1.82) is 0 Å². The van der Waals surface area contributed by atoms with Crippen molar-refractivity contribution in [1.82, 2.24) is 20.1 Å². The van der Waals surface area contributed by atoms with E-state index < -0.39 is 0 Å². The number of aromatic nitrogens is 3. The summed E-state index contributed by atoms with van der Waals surface area (Å²) < 4.78 is 1.06. The summed E-state index contributed by atoms with van der Waals surface area (Å²) in [6.07, 6.45) is 1.74. The van der Waals surface area contributed by atoms with Gasteiger partial charge in [-0.2, -0.15) is 0 Å². The first-order valence-electron chi connectivity index (χ1n) is 6.23. The second-order valence-electron chi connectivity index (χ2n) is 4.26. The van der Waals surface area contributed by atoms with Crippen molar-refractivity contribution in [3.8, 4) is 0 Å². The fraction of sp³-hybridized carbons (Fsp3) is 0.308. The molecule has 0 atom stereocenters. The molecule has 0 unspecified atom stereocenters. The van der Waals surface area contributed by atoms with Crippen molar-refractivity contribution < 1.29 is 4.79 Å². The minimum atomic E-state index is 0.0480. The maximum atomic E-state index is 12.3. The third kappa shape index (κ3) is 4.98. The normalized spacial score (nSPS) is 10.6. The zero-order valence-corrected chi connectivity index (χ0v) is 14.7. The van der Waals surface area contributed by atoms with Gasteiger partial charge in [-0.05, 0) is 35.0 Å². The fourth-order valence-corrected chi connectivity index (χ4v) is 3.89. The number of nitrogens with zero attached hydrogens (tertiary/aromatic N) is 3. The van der Waals surface area contributed by atoms with E-state index in [0.717, 1.165) is 14.5 Å². The van der Waals surface area contributed by atoms with E-state index in [-0.39, 0.29) is 5.91 Å². The van der Waals surface area contributed by atoms with Crippen LogP contribution in [-0.4, -0.2) is 38.3 Å². The number of H-pyrrole nitrogens is 1. The predicted octanol–water partition coefficient (Wildman–Crippen LogP) is 3.24. The van der Waals surface area contributed by atoms with Crippen molar-refractivity contribution in [2.75, 3.05) is 12.3 Å². The Hall–Kier alpha value is -1.12. The van der Waals surface area contributed by atoms with Gasteiger partial charge in [0, 0.05) is 11.4 Å². The van der Waals surface area contributed by atoms with Gasteiger partial charge in [0.25, 0.3) is 0 Å². The van der Waals surface area contributed by atoms with Gasteiger partial charge >= 0.3 is 0 Å². The van der Waals surface area contributed by atoms with E-state index in [1.54, 1.807) is 22.3 Å². The van der Waals surface area contributed by atoms with Gasteiger partial charge in [0.2, 0.25) is 11.1 Å². The van der Waals surface area contributed by atoms with Crippen molar-refractivity contribution >= 4 is 44.9 Å². The summed E-state index contributed by atoms with van der Waals surface area (Å²) >= 11 is 6.40. The highest BCUT2D eigenvalue weighted by Gasteiger charge is 2.15. The van der Waals surface area contributed by atoms with E-state index in [4.69, 9.17) is 0 Å². The lowest BCUT2D eigenvalue weighted by Gasteiger charge is -2.19. The van der Waals surface area contributed by atoms with Gasteiger partial charge in [-0.1, -0.05) is 17.8 Å². The molecule has 0 spiro atoms. The van der Waals surface area contributed by atoms with Crippen molar-refractivity contribution in [3.05, 3.63) is 39.3 Å². The predicted molar refractivity (Wildman–Crippen MR) is 89.5 cm³/mol. The number of rotatable bonds is 7. The van der Waals surface area contributed by atoms with E-state index in [1.165, 1.54) is 11.8 Å². The smallest absolute Gasteiger partial charge is 0.233 e. The van der Waals surface area contributed by atoms with Gasteiger partial charge in [0.1, 0.15) is 5.82 Å². The molecule has 0 aliphatic rings. The minimum absolute atomic E-state index is 0.0480. The Labute approximate surface area is 140 Å². The average Bonchev–Trinajstić information content (AvgIpc) is 3.04. The monoisotopic (exact) mass is 386 g/mol. The van der Waals surface area contributed by atoms with Crippen LogP contribution in [-0.2, 0) is 11.3 Å². The first kappa shape index (κ1) is 16.3. The summed E-state index contributed by atoms with van der Waals surface area (Å²) in [6, 6.07) is 4.01. The molecule has 0 saturated carbocycles. The number of thiophene rings is 1. The van der Waals surface area contributed by atoms with Crippen LogP contribution in [0.25, 0.3) is 0 Å². The third-order valence-corrected chi connectivity index (χ3v) is 5.02. The van der Waals surface area contributed by atoms with Crippen molar-refractivity contribution in [3.63, 3.8) is 0 Å². The van der Waals surface area contributed by atoms with Crippen LogP contribution in [0.2, 0.25) is 0 Å². The molecule has 5 nitrogen and oxygen atoms in total. The maximum absolute atomic E-state index is 12.3. The molecule has 112 valence electrons. The van der Waals surface area contributed by atoms with Crippen LogP contribution < -0.4 is 0 Å². The molecule has 2 aromatic rings. The molecule has 1 amide bonds. The first-order valence-corrected chi connectivity index (χ1v) is 8.82. The summed E-state index contributed by atoms with van der Waals surface area (Å²) in [6.45, 7) is 6.67. The van der Waals surface area contributed by atoms with Crippen LogP contribution in [0.15, 0.2) is 33.7 Å². The average molecular weight is 387 g/mol. The molecule has 2 aromatic heterocycles. The molecule has 1 N–H and O–H groups in total.